The summed E-state index contributed by atoms with van der Waals surface area (Å²) < 4.78 is 12.8. The normalized spacial score (nSPS) is 16.7. The fourth-order valence-corrected chi connectivity index (χ4v) is 3.10. The van der Waals surface area contributed by atoms with Gasteiger partial charge in [-0.25, -0.2) is 4.52 Å². The molecule has 0 unspecified atom stereocenters. The maximum absolute atomic E-state index is 12.6. The summed E-state index contributed by atoms with van der Waals surface area (Å²) in [6.45, 7) is 5.33. The number of hydrogen-bond acceptors (Lipinski definition) is 7. The van der Waals surface area contributed by atoms with Crippen molar-refractivity contribution in [3.63, 3.8) is 0 Å². The highest BCUT2D eigenvalue weighted by Crippen LogP contribution is 2.23. The number of aromatic nitrogens is 4. The van der Waals surface area contributed by atoms with Crippen LogP contribution in [0.2, 0.25) is 0 Å². The lowest BCUT2D eigenvalue weighted by atomic mass is 10.1. The fraction of sp³-hybridized carbons (Fsp3) is 0.412. The number of ether oxygens (including phenoxy) is 1. The van der Waals surface area contributed by atoms with Crippen LogP contribution >= 0.6 is 0 Å². The zero-order valence-electron chi connectivity index (χ0n) is 14.5. The van der Waals surface area contributed by atoms with Crippen LogP contribution in [0.5, 0.6) is 0 Å². The lowest BCUT2D eigenvalue weighted by molar-refractivity contribution is 0.0117. The Morgan fingerprint density at radius 1 is 1.31 bits per heavy atom. The monoisotopic (exact) mass is 356 g/mol. The van der Waals surface area contributed by atoms with Crippen LogP contribution in [0.15, 0.2) is 34.9 Å². The Hall–Kier alpha value is -2.78. The Labute approximate surface area is 149 Å². The van der Waals surface area contributed by atoms with Crippen LogP contribution in [0, 0.1) is 6.92 Å². The van der Waals surface area contributed by atoms with Crippen molar-refractivity contribution >= 4 is 11.6 Å². The van der Waals surface area contributed by atoms with Gasteiger partial charge in [-0.15, -0.1) is 5.10 Å². The molecule has 0 radical (unpaired) electrons. The number of rotatable bonds is 5. The van der Waals surface area contributed by atoms with Crippen LogP contribution in [0.1, 0.15) is 27.9 Å². The molecule has 136 valence electrons. The predicted molar refractivity (Wildman–Crippen MR) is 91.7 cm³/mol. The van der Waals surface area contributed by atoms with Crippen molar-refractivity contribution in [2.45, 2.75) is 13.0 Å². The van der Waals surface area contributed by atoms with E-state index in [0.29, 0.717) is 31.0 Å². The number of tetrazole rings is 1. The van der Waals surface area contributed by atoms with Crippen molar-refractivity contribution in [3.8, 4) is 0 Å². The Morgan fingerprint density at radius 3 is 2.92 bits per heavy atom. The molecule has 9 nitrogen and oxygen atoms in total. The molecular weight excluding hydrogens is 336 g/mol. The van der Waals surface area contributed by atoms with Crippen LogP contribution < -0.4 is 5.32 Å². The first-order valence-corrected chi connectivity index (χ1v) is 8.55. The number of furan rings is 1. The minimum Gasteiger partial charge on any atom is -0.465 e. The van der Waals surface area contributed by atoms with Crippen LogP contribution in [-0.4, -0.2) is 63.7 Å². The highest BCUT2D eigenvalue weighted by molar-refractivity contribution is 5.94. The smallest absolute Gasteiger partial charge is 0.251 e. The van der Waals surface area contributed by atoms with Crippen molar-refractivity contribution in [2.24, 2.45) is 0 Å². The lowest BCUT2D eigenvalue weighted by Gasteiger charge is -2.33. The molecule has 1 aliphatic heterocycles. The van der Waals surface area contributed by atoms with Gasteiger partial charge in [-0.05, 0) is 41.6 Å². The number of fused-ring (bicyclic) bond motifs is 1. The zero-order valence-corrected chi connectivity index (χ0v) is 14.5. The first-order chi connectivity index (χ1) is 12.7. The van der Waals surface area contributed by atoms with E-state index in [-0.39, 0.29) is 11.9 Å². The summed E-state index contributed by atoms with van der Waals surface area (Å²) in [5, 5.41) is 14.2. The number of nitrogens with one attached hydrogen (secondary N) is 1. The predicted octanol–water partition coefficient (Wildman–Crippen LogP) is 0.829. The van der Waals surface area contributed by atoms with Crippen LogP contribution in [0.4, 0.5) is 0 Å². The van der Waals surface area contributed by atoms with E-state index >= 15 is 0 Å². The number of carbonyl (C=O) groups is 1. The van der Waals surface area contributed by atoms with E-state index in [1.165, 1.54) is 4.52 Å². The summed E-state index contributed by atoms with van der Waals surface area (Å²) in [4.78, 5) is 14.8. The second-order valence-electron chi connectivity index (χ2n) is 6.22. The van der Waals surface area contributed by atoms with Gasteiger partial charge in [0.15, 0.2) is 5.65 Å². The number of nitrogens with zero attached hydrogens (tertiary/aromatic N) is 5. The molecule has 4 heterocycles. The molecule has 0 saturated carbocycles. The largest absolute Gasteiger partial charge is 0.465 e. The third kappa shape index (κ3) is 3.44. The van der Waals surface area contributed by atoms with E-state index in [1.807, 2.05) is 19.1 Å². The molecule has 0 aliphatic carbocycles. The second kappa shape index (κ2) is 7.22. The van der Waals surface area contributed by atoms with Gasteiger partial charge in [0.1, 0.15) is 11.5 Å². The van der Waals surface area contributed by atoms with E-state index in [2.05, 4.69) is 25.7 Å². The van der Waals surface area contributed by atoms with Gasteiger partial charge in [-0.2, -0.15) is 0 Å². The van der Waals surface area contributed by atoms with Gasteiger partial charge in [-0.1, -0.05) is 0 Å². The Kier molecular flexibility index (Phi) is 4.63. The molecule has 0 bridgehead atoms. The molecule has 1 atom stereocenters. The third-order valence-electron chi connectivity index (χ3n) is 4.49. The van der Waals surface area contributed by atoms with Gasteiger partial charge in [0.2, 0.25) is 0 Å². The number of carbonyl (C=O) groups excluding carboxylic acids is 1. The van der Waals surface area contributed by atoms with Gasteiger partial charge in [0.05, 0.1) is 19.3 Å². The molecule has 1 fully saturated rings. The average Bonchev–Trinajstić information content (AvgIpc) is 3.31. The summed E-state index contributed by atoms with van der Waals surface area (Å²) in [7, 11) is 0. The summed E-state index contributed by atoms with van der Waals surface area (Å²) in [6, 6.07) is 7.23. The Bertz CT molecular complexity index is 899. The number of pyridine rings is 1. The van der Waals surface area contributed by atoms with Gasteiger partial charge in [-0.3, -0.25) is 9.69 Å². The van der Waals surface area contributed by atoms with Crippen LogP contribution in [0.3, 0.4) is 0 Å². The lowest BCUT2D eigenvalue weighted by Crippen LogP contribution is -2.43. The van der Waals surface area contributed by atoms with Crippen molar-refractivity contribution in [3.05, 3.63) is 47.5 Å². The fourth-order valence-electron chi connectivity index (χ4n) is 3.10. The molecule has 9 heteroatoms. The first kappa shape index (κ1) is 16.7. The van der Waals surface area contributed by atoms with Crippen LogP contribution in [0.25, 0.3) is 5.65 Å². The number of amides is 1. The van der Waals surface area contributed by atoms with E-state index < -0.39 is 0 Å². The molecule has 1 amide bonds. The number of morpholine rings is 1. The second-order valence-corrected chi connectivity index (χ2v) is 6.22. The van der Waals surface area contributed by atoms with Crippen LogP contribution in [-0.2, 0) is 4.74 Å². The third-order valence-corrected chi connectivity index (χ3v) is 4.49. The van der Waals surface area contributed by atoms with E-state index in [1.54, 1.807) is 18.3 Å². The van der Waals surface area contributed by atoms with Gasteiger partial charge in [0.25, 0.3) is 5.91 Å². The molecule has 0 spiro atoms. The molecular formula is C17H20N6O3. The number of aryl methyl sites for hydroxylation is 1. The van der Waals surface area contributed by atoms with E-state index in [9.17, 15) is 4.79 Å². The molecule has 1 saturated heterocycles. The molecule has 0 aromatic carbocycles. The van der Waals surface area contributed by atoms with Gasteiger partial charge >= 0.3 is 0 Å². The first-order valence-electron chi connectivity index (χ1n) is 8.55. The Morgan fingerprint density at radius 2 is 2.15 bits per heavy atom. The summed E-state index contributed by atoms with van der Waals surface area (Å²) in [5.41, 5.74) is 1.05. The quantitative estimate of drug-likeness (QED) is 0.723. The topological polar surface area (TPSA) is 97.8 Å². The van der Waals surface area contributed by atoms with E-state index in [0.717, 1.165) is 24.6 Å². The molecule has 3 aromatic rings. The summed E-state index contributed by atoms with van der Waals surface area (Å²) in [6.07, 6.45) is 1.67. The standard InChI is InChI=1S/C17H20N6O3/c1-12-2-3-15(26-12)14(22-6-8-25-9-7-22)11-18-17(24)13-4-5-23-16(10-13)19-20-21-23/h2-5,10,14H,6-9,11H2,1H3,(H,18,24)/t14-/m1/s1. The molecule has 3 aromatic heterocycles. The van der Waals surface area contributed by atoms with Crippen molar-refractivity contribution in [2.75, 3.05) is 32.8 Å². The van der Waals surface area contributed by atoms with Crippen molar-refractivity contribution in [1.29, 1.82) is 0 Å². The summed E-state index contributed by atoms with van der Waals surface area (Å²) in [5.74, 6) is 1.54. The minimum atomic E-state index is -0.169. The SMILES string of the molecule is Cc1ccc([C@@H](CNC(=O)c2ccn3nnnc3c2)N2CCOCC2)o1. The van der Waals surface area contributed by atoms with Gasteiger partial charge in [0, 0.05) is 31.4 Å². The Balaban J connectivity index is 1.48. The highest BCUT2D eigenvalue weighted by atomic mass is 16.5. The maximum atomic E-state index is 12.6. The van der Waals surface area contributed by atoms with Crippen molar-refractivity contribution < 1.29 is 13.9 Å². The van der Waals surface area contributed by atoms with Crippen molar-refractivity contribution in [1.82, 2.24) is 30.3 Å². The van der Waals surface area contributed by atoms with Gasteiger partial charge < -0.3 is 14.5 Å². The maximum Gasteiger partial charge on any atom is 0.251 e. The zero-order chi connectivity index (χ0) is 17.9. The molecule has 1 aliphatic rings. The minimum absolute atomic E-state index is 0.0324. The molecule has 1 N–H and O–H groups in total. The highest BCUT2D eigenvalue weighted by Gasteiger charge is 2.26. The molecule has 4 rings (SSSR count). The number of hydrogen-bond donors (Lipinski definition) is 1. The molecule has 26 heavy (non-hydrogen) atoms. The summed E-state index contributed by atoms with van der Waals surface area (Å²) >= 11 is 0. The average molecular weight is 356 g/mol. The van der Waals surface area contributed by atoms with E-state index in [4.69, 9.17) is 9.15 Å².